The van der Waals surface area contributed by atoms with E-state index in [4.69, 9.17) is 11.6 Å². The van der Waals surface area contributed by atoms with Gasteiger partial charge in [-0.05, 0) is 56.0 Å². The topological polar surface area (TPSA) is 56.7 Å². The average molecular weight is 371 g/mol. The molecule has 1 aliphatic rings. The summed E-state index contributed by atoms with van der Waals surface area (Å²) in [6.45, 7) is 4.11. The summed E-state index contributed by atoms with van der Waals surface area (Å²) >= 11 is 6.02. The minimum atomic E-state index is -0.428. The fourth-order valence-electron chi connectivity index (χ4n) is 2.98. The standard InChI is InChI=1S/C20H23ClN4O/c1-15(23-24-20(26)22-19-8-4-3-7-18(19)21)16-9-11-17(12-10-16)25-13-5-2-6-14-25/h3-4,7-12H,2,5-6,13-14H2,1H3,(H2,22,24,26)/b23-15+. The number of urea groups is 1. The highest BCUT2D eigenvalue weighted by Gasteiger charge is 2.11. The summed E-state index contributed by atoms with van der Waals surface area (Å²) in [7, 11) is 0. The second-order valence-electron chi connectivity index (χ2n) is 6.34. The van der Waals surface area contributed by atoms with E-state index in [0.29, 0.717) is 10.7 Å². The van der Waals surface area contributed by atoms with E-state index in [-0.39, 0.29) is 0 Å². The van der Waals surface area contributed by atoms with E-state index < -0.39 is 6.03 Å². The molecule has 1 saturated heterocycles. The molecule has 3 rings (SSSR count). The number of rotatable bonds is 4. The number of anilines is 2. The molecule has 26 heavy (non-hydrogen) atoms. The Morgan fingerprint density at radius 1 is 1.04 bits per heavy atom. The number of nitrogens with zero attached hydrogens (tertiary/aromatic N) is 2. The van der Waals surface area contributed by atoms with Gasteiger partial charge in [-0.3, -0.25) is 0 Å². The molecule has 1 fully saturated rings. The van der Waals surface area contributed by atoms with Crippen molar-refractivity contribution in [3.63, 3.8) is 0 Å². The van der Waals surface area contributed by atoms with Crippen molar-refractivity contribution in [2.45, 2.75) is 26.2 Å². The Morgan fingerprint density at radius 3 is 2.42 bits per heavy atom. The molecule has 2 N–H and O–H groups in total. The molecule has 0 aliphatic carbocycles. The second kappa shape index (κ2) is 8.72. The molecule has 5 nitrogen and oxygen atoms in total. The van der Waals surface area contributed by atoms with Crippen LogP contribution in [0.15, 0.2) is 53.6 Å². The van der Waals surface area contributed by atoms with Gasteiger partial charge in [0, 0.05) is 18.8 Å². The first-order valence-corrected chi connectivity index (χ1v) is 9.22. The molecule has 2 aromatic rings. The van der Waals surface area contributed by atoms with Crippen LogP contribution in [0.4, 0.5) is 16.2 Å². The van der Waals surface area contributed by atoms with Crippen molar-refractivity contribution >= 4 is 34.7 Å². The third-order valence-electron chi connectivity index (χ3n) is 4.45. The second-order valence-corrected chi connectivity index (χ2v) is 6.74. The van der Waals surface area contributed by atoms with Gasteiger partial charge in [0.2, 0.25) is 0 Å². The zero-order chi connectivity index (χ0) is 18.4. The van der Waals surface area contributed by atoms with Crippen molar-refractivity contribution < 1.29 is 4.79 Å². The number of hydrazone groups is 1. The van der Waals surface area contributed by atoms with Crippen LogP contribution in [-0.4, -0.2) is 24.8 Å². The van der Waals surface area contributed by atoms with E-state index >= 15 is 0 Å². The van der Waals surface area contributed by atoms with E-state index in [1.807, 2.05) is 19.1 Å². The lowest BCUT2D eigenvalue weighted by Crippen LogP contribution is -2.29. The zero-order valence-corrected chi connectivity index (χ0v) is 15.6. The molecular weight excluding hydrogens is 348 g/mol. The zero-order valence-electron chi connectivity index (χ0n) is 14.8. The largest absolute Gasteiger partial charge is 0.372 e. The van der Waals surface area contributed by atoms with Crippen LogP contribution in [0.2, 0.25) is 5.02 Å². The lowest BCUT2D eigenvalue weighted by molar-refractivity contribution is 0.252. The van der Waals surface area contributed by atoms with Crippen LogP contribution in [0.25, 0.3) is 0 Å². The molecule has 6 heteroatoms. The SMILES string of the molecule is C/C(=N\NC(=O)Nc1ccccc1Cl)c1ccc(N2CCCCC2)cc1. The van der Waals surface area contributed by atoms with Gasteiger partial charge in [-0.1, -0.05) is 35.9 Å². The van der Waals surface area contributed by atoms with Crippen molar-refractivity contribution in [2.24, 2.45) is 5.10 Å². The molecule has 1 heterocycles. The summed E-state index contributed by atoms with van der Waals surface area (Å²) in [4.78, 5) is 14.4. The smallest absolute Gasteiger partial charge is 0.339 e. The predicted molar refractivity (Wildman–Crippen MR) is 108 cm³/mol. The summed E-state index contributed by atoms with van der Waals surface area (Å²) in [6.07, 6.45) is 3.83. The van der Waals surface area contributed by atoms with Crippen molar-refractivity contribution in [1.29, 1.82) is 0 Å². The first-order chi connectivity index (χ1) is 12.6. The molecule has 0 bridgehead atoms. The normalized spacial score (nSPS) is 14.8. The van der Waals surface area contributed by atoms with Crippen LogP contribution in [0.5, 0.6) is 0 Å². The van der Waals surface area contributed by atoms with Gasteiger partial charge >= 0.3 is 6.03 Å². The Bertz CT molecular complexity index is 783. The minimum Gasteiger partial charge on any atom is -0.372 e. The summed E-state index contributed by atoms with van der Waals surface area (Å²) in [5, 5.41) is 7.32. The lowest BCUT2D eigenvalue weighted by Gasteiger charge is -2.28. The molecule has 0 saturated carbocycles. The minimum absolute atomic E-state index is 0.428. The molecule has 0 unspecified atom stereocenters. The van der Waals surface area contributed by atoms with Gasteiger partial charge in [0.25, 0.3) is 0 Å². The van der Waals surface area contributed by atoms with Crippen LogP contribution in [-0.2, 0) is 0 Å². The number of carbonyl (C=O) groups excluding carboxylic acids is 1. The van der Waals surface area contributed by atoms with Gasteiger partial charge < -0.3 is 10.2 Å². The summed E-state index contributed by atoms with van der Waals surface area (Å²) in [5.41, 5.74) is 6.01. The first kappa shape index (κ1) is 18.3. The molecule has 2 aromatic carbocycles. The molecule has 0 spiro atoms. The van der Waals surface area contributed by atoms with Gasteiger partial charge in [-0.2, -0.15) is 5.10 Å². The molecule has 136 valence electrons. The van der Waals surface area contributed by atoms with Crippen LogP contribution >= 0.6 is 11.6 Å². The number of hydrogen-bond acceptors (Lipinski definition) is 3. The highest BCUT2D eigenvalue weighted by molar-refractivity contribution is 6.33. The molecule has 0 radical (unpaired) electrons. The Morgan fingerprint density at radius 2 is 1.73 bits per heavy atom. The van der Waals surface area contributed by atoms with Crippen molar-refractivity contribution in [3.05, 3.63) is 59.1 Å². The molecule has 0 aromatic heterocycles. The Labute approximate surface area is 159 Å². The van der Waals surface area contributed by atoms with E-state index in [2.05, 4.69) is 32.9 Å². The predicted octanol–water partition coefficient (Wildman–Crippen LogP) is 4.88. The van der Waals surface area contributed by atoms with Gasteiger partial charge in [0.05, 0.1) is 16.4 Å². The maximum Gasteiger partial charge on any atom is 0.339 e. The number of piperidine rings is 1. The van der Waals surface area contributed by atoms with Crippen molar-refractivity contribution in [3.8, 4) is 0 Å². The maximum absolute atomic E-state index is 12.0. The van der Waals surface area contributed by atoms with Crippen molar-refractivity contribution in [1.82, 2.24) is 5.43 Å². The highest BCUT2D eigenvalue weighted by atomic mass is 35.5. The number of para-hydroxylation sites is 1. The van der Waals surface area contributed by atoms with Gasteiger partial charge in [0.15, 0.2) is 0 Å². The maximum atomic E-state index is 12.0. The molecular formula is C20H23ClN4O. The van der Waals surface area contributed by atoms with E-state index in [9.17, 15) is 4.79 Å². The quantitative estimate of drug-likeness (QED) is 0.595. The third-order valence-corrected chi connectivity index (χ3v) is 4.78. The fraction of sp³-hybridized carbons (Fsp3) is 0.300. The van der Waals surface area contributed by atoms with E-state index in [1.54, 1.807) is 24.3 Å². The van der Waals surface area contributed by atoms with Crippen LogP contribution in [0.3, 0.4) is 0 Å². The van der Waals surface area contributed by atoms with E-state index in [0.717, 1.165) is 24.4 Å². The van der Waals surface area contributed by atoms with E-state index in [1.165, 1.54) is 24.9 Å². The Hall–Kier alpha value is -2.53. The Kier molecular flexibility index (Phi) is 6.12. The summed E-state index contributed by atoms with van der Waals surface area (Å²) in [5.74, 6) is 0. The Balaban J connectivity index is 1.58. The van der Waals surface area contributed by atoms with Crippen LogP contribution in [0.1, 0.15) is 31.7 Å². The summed E-state index contributed by atoms with van der Waals surface area (Å²) in [6, 6.07) is 14.9. The van der Waals surface area contributed by atoms with Gasteiger partial charge in [-0.25, -0.2) is 10.2 Å². The number of carbonyl (C=O) groups is 1. The monoisotopic (exact) mass is 370 g/mol. The number of amides is 2. The first-order valence-electron chi connectivity index (χ1n) is 8.85. The van der Waals surface area contributed by atoms with Crippen molar-refractivity contribution in [2.75, 3.05) is 23.3 Å². The van der Waals surface area contributed by atoms with Gasteiger partial charge in [0.1, 0.15) is 0 Å². The number of nitrogens with one attached hydrogen (secondary N) is 2. The van der Waals surface area contributed by atoms with Crippen LogP contribution < -0.4 is 15.6 Å². The summed E-state index contributed by atoms with van der Waals surface area (Å²) < 4.78 is 0. The fourth-order valence-corrected chi connectivity index (χ4v) is 3.16. The van der Waals surface area contributed by atoms with Gasteiger partial charge in [-0.15, -0.1) is 0 Å². The van der Waals surface area contributed by atoms with Crippen LogP contribution in [0, 0.1) is 0 Å². The number of halogens is 1. The number of benzene rings is 2. The molecule has 0 atom stereocenters. The third kappa shape index (κ3) is 4.76. The highest BCUT2D eigenvalue weighted by Crippen LogP contribution is 2.21. The molecule has 2 amide bonds. The lowest BCUT2D eigenvalue weighted by atomic mass is 10.1. The molecule has 1 aliphatic heterocycles. The number of hydrogen-bond donors (Lipinski definition) is 2. The average Bonchev–Trinajstić information content (AvgIpc) is 2.69.